The molecule has 0 aliphatic rings. The molecule has 2 aromatic carbocycles. The summed E-state index contributed by atoms with van der Waals surface area (Å²) < 4.78 is 23.0. The molecule has 4 nitrogen and oxygen atoms in total. The molecule has 0 aliphatic heterocycles. The predicted octanol–water partition coefficient (Wildman–Crippen LogP) is 3.85. The molecule has 0 saturated carbocycles. The third-order valence-electron chi connectivity index (χ3n) is 4.39. The van der Waals surface area contributed by atoms with E-state index in [9.17, 15) is 13.2 Å². The molecule has 0 unspecified atom stereocenters. The van der Waals surface area contributed by atoms with Gasteiger partial charge in [0.1, 0.15) is 0 Å². The molecule has 0 bridgehead atoms. The van der Waals surface area contributed by atoms with Gasteiger partial charge in [-0.2, -0.15) is 0 Å². The summed E-state index contributed by atoms with van der Waals surface area (Å²) in [5, 5.41) is 2.96. The molecule has 2 aromatic rings. The van der Waals surface area contributed by atoms with Crippen molar-refractivity contribution in [1.29, 1.82) is 0 Å². The lowest BCUT2D eigenvalue weighted by molar-refractivity contribution is -0.121. The molecule has 0 radical (unpaired) electrons. The van der Waals surface area contributed by atoms with Crippen LogP contribution in [0.5, 0.6) is 0 Å². The van der Waals surface area contributed by atoms with Crippen molar-refractivity contribution in [1.82, 2.24) is 5.32 Å². The fourth-order valence-electron chi connectivity index (χ4n) is 2.77. The summed E-state index contributed by atoms with van der Waals surface area (Å²) in [6.45, 7) is 4.07. The lowest BCUT2D eigenvalue weighted by Gasteiger charge is -2.15. The maximum atomic E-state index is 12.3. The van der Waals surface area contributed by atoms with Crippen LogP contribution in [0, 0.1) is 0 Å². The molecule has 26 heavy (non-hydrogen) atoms. The molecule has 1 amide bonds. The average molecular weight is 374 g/mol. The Morgan fingerprint density at radius 3 is 2.12 bits per heavy atom. The number of amides is 1. The zero-order valence-corrected chi connectivity index (χ0v) is 16.5. The van der Waals surface area contributed by atoms with E-state index >= 15 is 0 Å². The van der Waals surface area contributed by atoms with Crippen LogP contribution in [0.4, 0.5) is 0 Å². The van der Waals surface area contributed by atoms with Crippen LogP contribution >= 0.6 is 0 Å². The molecule has 0 aliphatic carbocycles. The number of benzene rings is 2. The minimum Gasteiger partial charge on any atom is -0.349 e. The second kappa shape index (κ2) is 8.99. The zero-order chi connectivity index (χ0) is 19.2. The summed E-state index contributed by atoms with van der Waals surface area (Å²) in [7, 11) is -3.21. The van der Waals surface area contributed by atoms with Crippen LogP contribution in [0.3, 0.4) is 0 Å². The van der Waals surface area contributed by atoms with Gasteiger partial charge in [0.2, 0.25) is 5.91 Å². The lowest BCUT2D eigenvalue weighted by Crippen LogP contribution is -2.28. The Balaban J connectivity index is 1.92. The van der Waals surface area contributed by atoms with E-state index in [2.05, 4.69) is 24.4 Å². The summed E-state index contributed by atoms with van der Waals surface area (Å²) in [6.07, 6.45) is 4.94. The number of sulfone groups is 1. The second-order valence-electron chi connectivity index (χ2n) is 6.73. The maximum Gasteiger partial charge on any atom is 0.224 e. The zero-order valence-electron chi connectivity index (χ0n) is 15.7. The number of hydrogen-bond acceptors (Lipinski definition) is 3. The number of aryl methyl sites for hydroxylation is 1. The van der Waals surface area contributed by atoms with Crippen LogP contribution in [0.2, 0.25) is 0 Å². The Morgan fingerprint density at radius 2 is 1.58 bits per heavy atom. The van der Waals surface area contributed by atoms with Gasteiger partial charge in [0, 0.05) is 6.26 Å². The minimum atomic E-state index is -3.21. The van der Waals surface area contributed by atoms with Crippen molar-refractivity contribution in [3.63, 3.8) is 0 Å². The van der Waals surface area contributed by atoms with E-state index in [4.69, 9.17) is 0 Å². The van der Waals surface area contributed by atoms with Gasteiger partial charge in [-0.15, -0.1) is 0 Å². The van der Waals surface area contributed by atoms with Crippen LogP contribution in [-0.4, -0.2) is 20.6 Å². The topological polar surface area (TPSA) is 63.2 Å². The van der Waals surface area contributed by atoms with E-state index in [0.717, 1.165) is 17.5 Å². The normalized spacial score (nSPS) is 12.6. The maximum absolute atomic E-state index is 12.3. The third-order valence-corrected chi connectivity index (χ3v) is 5.52. The van der Waals surface area contributed by atoms with Gasteiger partial charge in [0.15, 0.2) is 9.84 Å². The molecular formula is C21H27NO3S. The highest BCUT2D eigenvalue weighted by atomic mass is 32.2. The lowest BCUT2D eigenvalue weighted by atomic mass is 10.0. The average Bonchev–Trinajstić information content (AvgIpc) is 2.60. The fraction of sp³-hybridized carbons (Fsp3) is 0.381. The first-order valence-electron chi connectivity index (χ1n) is 8.97. The predicted molar refractivity (Wildman–Crippen MR) is 105 cm³/mol. The first kappa shape index (κ1) is 20.2. The van der Waals surface area contributed by atoms with Gasteiger partial charge >= 0.3 is 0 Å². The summed E-state index contributed by atoms with van der Waals surface area (Å²) >= 11 is 0. The van der Waals surface area contributed by atoms with Crippen LogP contribution < -0.4 is 5.32 Å². The van der Waals surface area contributed by atoms with Crippen molar-refractivity contribution in [2.24, 2.45) is 0 Å². The summed E-state index contributed by atoms with van der Waals surface area (Å²) in [6, 6.07) is 14.6. The van der Waals surface area contributed by atoms with Gasteiger partial charge in [-0.1, -0.05) is 49.7 Å². The number of carbonyl (C=O) groups excluding carboxylic acids is 1. The van der Waals surface area contributed by atoms with Crippen molar-refractivity contribution < 1.29 is 13.2 Å². The van der Waals surface area contributed by atoms with Crippen molar-refractivity contribution in [3.05, 3.63) is 65.2 Å². The molecule has 0 aromatic heterocycles. The largest absolute Gasteiger partial charge is 0.349 e. The third kappa shape index (κ3) is 5.99. The molecular weight excluding hydrogens is 346 g/mol. The fourth-order valence-corrected chi connectivity index (χ4v) is 3.40. The van der Waals surface area contributed by atoms with Crippen LogP contribution in [0.15, 0.2) is 53.4 Å². The number of rotatable bonds is 8. The number of carbonyl (C=O) groups is 1. The molecule has 0 fully saturated rings. The number of unbranched alkanes of at least 4 members (excludes halogenated alkanes) is 1. The molecule has 140 valence electrons. The van der Waals surface area contributed by atoms with E-state index in [-0.39, 0.29) is 16.8 Å². The van der Waals surface area contributed by atoms with Gasteiger partial charge in [-0.25, -0.2) is 8.42 Å². The molecule has 1 atom stereocenters. The van der Waals surface area contributed by atoms with Gasteiger partial charge in [0.25, 0.3) is 0 Å². The minimum absolute atomic E-state index is 0.0500. The SMILES string of the molecule is CCCCc1ccc(CC(=O)N[C@@H](C)c2ccc(S(C)(=O)=O)cc2)cc1. The van der Waals surface area contributed by atoms with Crippen LogP contribution in [-0.2, 0) is 27.5 Å². The Hall–Kier alpha value is -2.14. The molecule has 0 heterocycles. The molecule has 1 N–H and O–H groups in total. The molecule has 0 spiro atoms. The highest BCUT2D eigenvalue weighted by molar-refractivity contribution is 7.90. The Morgan fingerprint density at radius 1 is 1.00 bits per heavy atom. The standard InChI is InChI=1S/C21H27NO3S/c1-4-5-6-17-7-9-18(10-8-17)15-21(23)22-16(2)19-11-13-20(14-12-19)26(3,24)25/h7-14,16H,4-6,15H2,1-3H3,(H,22,23)/t16-/m0/s1. The monoisotopic (exact) mass is 373 g/mol. The van der Waals surface area contributed by atoms with Gasteiger partial charge in [0.05, 0.1) is 17.4 Å². The highest BCUT2D eigenvalue weighted by Gasteiger charge is 2.12. The van der Waals surface area contributed by atoms with Crippen molar-refractivity contribution >= 4 is 15.7 Å². The van der Waals surface area contributed by atoms with Gasteiger partial charge < -0.3 is 5.32 Å². The van der Waals surface area contributed by atoms with E-state index in [0.29, 0.717) is 6.42 Å². The Kier molecular flexibility index (Phi) is 6.98. The quantitative estimate of drug-likeness (QED) is 0.764. The number of hydrogen-bond donors (Lipinski definition) is 1. The molecule has 0 saturated heterocycles. The van der Waals surface area contributed by atoms with Crippen molar-refractivity contribution in [2.45, 2.75) is 50.5 Å². The second-order valence-corrected chi connectivity index (χ2v) is 8.74. The first-order chi connectivity index (χ1) is 12.3. The van der Waals surface area contributed by atoms with Crippen LogP contribution in [0.1, 0.15) is 49.4 Å². The molecule has 5 heteroatoms. The van der Waals surface area contributed by atoms with E-state index in [1.807, 2.05) is 19.1 Å². The highest BCUT2D eigenvalue weighted by Crippen LogP contribution is 2.16. The summed E-state index contributed by atoms with van der Waals surface area (Å²) in [5.74, 6) is -0.0500. The van der Waals surface area contributed by atoms with Crippen LogP contribution in [0.25, 0.3) is 0 Å². The Bertz CT molecular complexity index is 825. The van der Waals surface area contributed by atoms with Gasteiger partial charge in [-0.3, -0.25) is 4.79 Å². The summed E-state index contributed by atoms with van der Waals surface area (Å²) in [5.41, 5.74) is 3.17. The van der Waals surface area contributed by atoms with E-state index in [1.165, 1.54) is 24.7 Å². The van der Waals surface area contributed by atoms with Crippen molar-refractivity contribution in [2.75, 3.05) is 6.26 Å². The molecule has 2 rings (SSSR count). The smallest absolute Gasteiger partial charge is 0.224 e. The first-order valence-corrected chi connectivity index (χ1v) is 10.9. The Labute approximate surface area is 156 Å². The number of nitrogens with one attached hydrogen (secondary N) is 1. The van der Waals surface area contributed by atoms with Gasteiger partial charge in [-0.05, 0) is 48.6 Å². The van der Waals surface area contributed by atoms with E-state index in [1.54, 1.807) is 24.3 Å². The van der Waals surface area contributed by atoms with E-state index < -0.39 is 9.84 Å². The summed E-state index contributed by atoms with van der Waals surface area (Å²) in [4.78, 5) is 12.6. The van der Waals surface area contributed by atoms with Crippen molar-refractivity contribution in [3.8, 4) is 0 Å².